The van der Waals surface area contributed by atoms with Gasteiger partial charge in [0.2, 0.25) is 5.91 Å². The Morgan fingerprint density at radius 1 is 1.33 bits per heavy atom. The molecule has 8 nitrogen and oxygen atoms in total. The van der Waals surface area contributed by atoms with E-state index in [0.717, 1.165) is 0 Å². The van der Waals surface area contributed by atoms with E-state index in [0.29, 0.717) is 22.0 Å². The fraction of sp³-hybridized carbons (Fsp3) is 0.267. The minimum atomic E-state index is -0.533. The molecular formula is C15H15N3O5S. The Hall–Kier alpha value is -2.68. The average molecular weight is 349 g/mol. The van der Waals surface area contributed by atoms with E-state index in [2.05, 4.69) is 10.3 Å². The number of nitro groups is 1. The Morgan fingerprint density at radius 3 is 2.46 bits per heavy atom. The molecular weight excluding hydrogens is 334 g/mol. The van der Waals surface area contributed by atoms with Gasteiger partial charge in [0.15, 0.2) is 5.17 Å². The van der Waals surface area contributed by atoms with Crippen LogP contribution in [0.5, 0.6) is 0 Å². The number of allylic oxidation sites excluding steroid dienone is 1. The standard InChI is InChI=1S/C15H15N3O5S/c1-8-12(14(20)23-3)13(24-15(16-8)17-9(2)19)10-4-6-11(7-5-10)18(21)22/h4-7,13H,1-3H3,(H,16,17,19). The number of aliphatic imine (C=N–C) groups is 1. The number of hydrogen-bond donors (Lipinski definition) is 1. The van der Waals surface area contributed by atoms with E-state index < -0.39 is 16.1 Å². The molecule has 1 heterocycles. The van der Waals surface area contributed by atoms with Crippen molar-refractivity contribution in [2.75, 3.05) is 7.11 Å². The molecule has 0 aliphatic carbocycles. The third-order valence-electron chi connectivity index (χ3n) is 3.25. The van der Waals surface area contributed by atoms with Crippen molar-refractivity contribution in [1.82, 2.24) is 5.32 Å². The molecule has 0 saturated carbocycles. The highest BCUT2D eigenvalue weighted by Crippen LogP contribution is 2.42. The number of hydrogen-bond acceptors (Lipinski definition) is 7. The summed E-state index contributed by atoms with van der Waals surface area (Å²) in [4.78, 5) is 37.9. The number of amidine groups is 1. The van der Waals surface area contributed by atoms with Gasteiger partial charge in [0.05, 0.1) is 28.6 Å². The first-order chi connectivity index (χ1) is 11.3. The molecule has 1 N–H and O–H groups in total. The highest BCUT2D eigenvalue weighted by atomic mass is 32.2. The third-order valence-corrected chi connectivity index (χ3v) is 4.41. The number of methoxy groups -OCH3 is 1. The van der Waals surface area contributed by atoms with Crippen molar-refractivity contribution in [3.05, 3.63) is 51.2 Å². The maximum atomic E-state index is 12.1. The van der Waals surface area contributed by atoms with E-state index >= 15 is 0 Å². The molecule has 1 aliphatic heterocycles. The fourth-order valence-electron chi connectivity index (χ4n) is 2.18. The summed E-state index contributed by atoms with van der Waals surface area (Å²) < 4.78 is 4.82. The van der Waals surface area contributed by atoms with Crippen LogP contribution in [0.15, 0.2) is 40.5 Å². The van der Waals surface area contributed by atoms with Crippen LogP contribution in [0.1, 0.15) is 24.7 Å². The summed E-state index contributed by atoms with van der Waals surface area (Å²) in [5, 5.41) is 13.3. The molecule has 9 heteroatoms. The lowest BCUT2D eigenvalue weighted by molar-refractivity contribution is -0.384. The van der Waals surface area contributed by atoms with Crippen LogP contribution >= 0.6 is 11.8 Å². The summed E-state index contributed by atoms with van der Waals surface area (Å²) in [5.74, 6) is -0.813. The van der Waals surface area contributed by atoms with Gasteiger partial charge in [0, 0.05) is 19.1 Å². The molecule has 0 spiro atoms. The molecule has 1 aliphatic rings. The quantitative estimate of drug-likeness (QED) is 0.509. The number of carbonyl (C=O) groups excluding carboxylic acids is 2. The van der Waals surface area contributed by atoms with Crippen LogP contribution in [-0.4, -0.2) is 29.1 Å². The van der Waals surface area contributed by atoms with Crippen molar-refractivity contribution in [3.63, 3.8) is 0 Å². The van der Waals surface area contributed by atoms with Gasteiger partial charge in [0.1, 0.15) is 0 Å². The first-order valence-electron chi connectivity index (χ1n) is 6.90. The molecule has 1 aromatic carbocycles. The summed E-state index contributed by atoms with van der Waals surface area (Å²) >= 11 is 1.17. The number of thioether (sulfide) groups is 1. The Kier molecular flexibility index (Phi) is 5.35. The predicted octanol–water partition coefficient (Wildman–Crippen LogP) is 2.32. The van der Waals surface area contributed by atoms with Gasteiger partial charge in [-0.15, -0.1) is 0 Å². The fourth-order valence-corrected chi connectivity index (χ4v) is 3.47. The number of esters is 1. The van der Waals surface area contributed by atoms with Crippen molar-refractivity contribution in [2.45, 2.75) is 19.1 Å². The highest BCUT2D eigenvalue weighted by molar-refractivity contribution is 8.14. The molecule has 0 saturated heterocycles. The lowest BCUT2D eigenvalue weighted by Crippen LogP contribution is -2.29. The molecule has 1 amide bonds. The van der Waals surface area contributed by atoms with E-state index in [-0.39, 0.29) is 11.6 Å². The van der Waals surface area contributed by atoms with Crippen LogP contribution in [0.2, 0.25) is 0 Å². The average Bonchev–Trinajstić information content (AvgIpc) is 2.53. The number of amides is 1. The molecule has 0 radical (unpaired) electrons. The van der Waals surface area contributed by atoms with Crippen molar-refractivity contribution in [2.24, 2.45) is 4.99 Å². The van der Waals surface area contributed by atoms with E-state index in [1.54, 1.807) is 19.1 Å². The van der Waals surface area contributed by atoms with Crippen LogP contribution < -0.4 is 5.32 Å². The molecule has 0 bridgehead atoms. The van der Waals surface area contributed by atoms with Crippen LogP contribution in [0.25, 0.3) is 0 Å². The summed E-state index contributed by atoms with van der Waals surface area (Å²) in [6.45, 7) is 3.00. The number of nitrogens with one attached hydrogen (secondary N) is 1. The highest BCUT2D eigenvalue weighted by Gasteiger charge is 2.32. The molecule has 2 rings (SSSR count). The van der Waals surface area contributed by atoms with E-state index in [9.17, 15) is 19.7 Å². The normalized spacial score (nSPS) is 17.1. The minimum absolute atomic E-state index is 0.0457. The number of ether oxygens (including phenoxy) is 1. The summed E-state index contributed by atoms with van der Waals surface area (Å²) in [5.41, 5.74) is 1.39. The van der Waals surface area contributed by atoms with Crippen molar-refractivity contribution in [1.29, 1.82) is 0 Å². The first kappa shape index (κ1) is 17.7. The molecule has 1 unspecified atom stereocenters. The largest absolute Gasteiger partial charge is 0.466 e. The summed E-state index contributed by atoms with van der Waals surface area (Å²) in [6, 6.07) is 5.87. The van der Waals surface area contributed by atoms with Crippen LogP contribution in [-0.2, 0) is 14.3 Å². The second kappa shape index (κ2) is 7.26. The number of nitrogens with zero attached hydrogens (tertiary/aromatic N) is 2. The van der Waals surface area contributed by atoms with Crippen molar-refractivity contribution in [3.8, 4) is 0 Å². The molecule has 0 fully saturated rings. The predicted molar refractivity (Wildman–Crippen MR) is 89.4 cm³/mol. The third kappa shape index (κ3) is 3.80. The van der Waals surface area contributed by atoms with Gasteiger partial charge in [-0.25, -0.2) is 9.79 Å². The van der Waals surface area contributed by atoms with Gasteiger partial charge >= 0.3 is 5.97 Å². The molecule has 126 valence electrons. The number of rotatable bonds is 3. The zero-order chi connectivity index (χ0) is 17.9. The molecule has 1 aromatic rings. The number of nitro benzene ring substituents is 1. The Morgan fingerprint density at radius 2 is 1.96 bits per heavy atom. The monoisotopic (exact) mass is 349 g/mol. The van der Waals surface area contributed by atoms with Crippen LogP contribution in [0.4, 0.5) is 5.69 Å². The van der Waals surface area contributed by atoms with Gasteiger partial charge in [-0.2, -0.15) is 0 Å². The second-order valence-corrected chi connectivity index (χ2v) is 6.03. The zero-order valence-corrected chi connectivity index (χ0v) is 14.0. The molecule has 1 atom stereocenters. The topological polar surface area (TPSA) is 111 Å². The second-order valence-electron chi connectivity index (χ2n) is 4.94. The number of benzene rings is 1. The van der Waals surface area contributed by atoms with Crippen LogP contribution in [0, 0.1) is 10.1 Å². The number of non-ortho nitro benzene ring substituents is 1. The lowest BCUT2D eigenvalue weighted by Gasteiger charge is -2.24. The number of carbonyl (C=O) groups is 2. The Bertz CT molecular complexity index is 755. The van der Waals surface area contributed by atoms with Gasteiger partial charge in [0.25, 0.3) is 5.69 Å². The Balaban J connectivity index is 2.45. The van der Waals surface area contributed by atoms with E-state index in [1.807, 2.05) is 0 Å². The Labute approximate surface area is 142 Å². The van der Waals surface area contributed by atoms with Crippen molar-refractivity contribution < 1.29 is 19.2 Å². The van der Waals surface area contributed by atoms with Crippen LogP contribution in [0.3, 0.4) is 0 Å². The van der Waals surface area contributed by atoms with E-state index in [4.69, 9.17) is 4.74 Å². The van der Waals surface area contributed by atoms with Gasteiger partial charge in [-0.3, -0.25) is 14.9 Å². The maximum Gasteiger partial charge on any atom is 0.337 e. The maximum absolute atomic E-state index is 12.1. The van der Waals surface area contributed by atoms with Crippen molar-refractivity contribution >= 4 is 34.5 Å². The molecule has 0 aromatic heterocycles. The SMILES string of the molecule is COC(=O)C1=C(C)N=C(NC(C)=O)SC1c1ccc([N+](=O)[O-])cc1. The van der Waals surface area contributed by atoms with Gasteiger partial charge < -0.3 is 10.1 Å². The molecule has 24 heavy (non-hydrogen) atoms. The minimum Gasteiger partial charge on any atom is -0.466 e. The zero-order valence-electron chi connectivity index (χ0n) is 13.2. The lowest BCUT2D eigenvalue weighted by atomic mass is 10.0. The van der Waals surface area contributed by atoms with Gasteiger partial charge in [-0.1, -0.05) is 23.9 Å². The first-order valence-corrected chi connectivity index (χ1v) is 7.77. The van der Waals surface area contributed by atoms with E-state index in [1.165, 1.54) is 37.9 Å². The summed E-state index contributed by atoms with van der Waals surface area (Å²) in [6.07, 6.45) is 0. The smallest absolute Gasteiger partial charge is 0.337 e. The summed E-state index contributed by atoms with van der Waals surface area (Å²) in [7, 11) is 1.27. The van der Waals surface area contributed by atoms with Gasteiger partial charge in [-0.05, 0) is 12.5 Å².